The van der Waals surface area contributed by atoms with Crippen LogP contribution in [0.15, 0.2) is 46.2 Å². The average Bonchev–Trinajstić information content (AvgIpc) is 3.47. The maximum Gasteiger partial charge on any atom is 0.313 e. The molecule has 0 radical (unpaired) electrons. The Morgan fingerprint density at radius 1 is 1.18 bits per heavy atom. The van der Waals surface area contributed by atoms with E-state index in [1.807, 2.05) is 23.6 Å². The van der Waals surface area contributed by atoms with Crippen molar-refractivity contribution in [1.29, 1.82) is 0 Å². The fraction of sp³-hybridized carbons (Fsp3) is 0.320. The van der Waals surface area contributed by atoms with E-state index in [9.17, 15) is 19.5 Å². The van der Waals surface area contributed by atoms with Crippen LogP contribution in [0.25, 0.3) is 0 Å². The number of furan rings is 1. The average molecular weight is 482 g/mol. The summed E-state index contributed by atoms with van der Waals surface area (Å²) in [6.45, 7) is 4.35. The number of anilines is 2. The molecule has 9 heteroatoms. The molecule has 3 N–H and O–H groups in total. The summed E-state index contributed by atoms with van der Waals surface area (Å²) in [5.74, 6) is -0.252. The quantitative estimate of drug-likeness (QED) is 0.465. The van der Waals surface area contributed by atoms with Crippen molar-refractivity contribution in [3.05, 3.63) is 69.3 Å². The maximum absolute atomic E-state index is 12.8. The molecule has 8 nitrogen and oxygen atoms in total. The van der Waals surface area contributed by atoms with Crippen molar-refractivity contribution in [2.45, 2.75) is 39.2 Å². The number of carbonyl (C=O) groups excluding carboxylic acids is 3. The van der Waals surface area contributed by atoms with Gasteiger partial charge in [0.1, 0.15) is 11.5 Å². The number of aliphatic hydroxyl groups excluding tert-OH is 1. The van der Waals surface area contributed by atoms with Gasteiger partial charge in [-0.25, -0.2) is 0 Å². The standard InChI is InChI=1S/C25H27N3O5S/c1-15-13-19(16(2)33-15)21(29)9-10-26-23(30)24(31)27-18-7-8-20-17(14-18)5-3-11-28(20)25(32)22-6-4-12-34-22/h4,6-8,12-14,21,29H,3,5,9-11H2,1-2H3,(H,26,30)(H,27,31). The summed E-state index contributed by atoms with van der Waals surface area (Å²) >= 11 is 1.41. The lowest BCUT2D eigenvalue weighted by Crippen LogP contribution is -2.37. The smallest absolute Gasteiger partial charge is 0.313 e. The zero-order chi connectivity index (χ0) is 24.2. The number of benzene rings is 1. The summed E-state index contributed by atoms with van der Waals surface area (Å²) in [4.78, 5) is 39.8. The first-order valence-corrected chi connectivity index (χ1v) is 12.0. The number of nitrogens with zero attached hydrogens (tertiary/aromatic N) is 1. The first kappa shape index (κ1) is 23.7. The lowest BCUT2D eigenvalue weighted by atomic mass is 10.0. The molecule has 4 rings (SSSR count). The van der Waals surface area contributed by atoms with Crippen LogP contribution in [0.5, 0.6) is 0 Å². The SMILES string of the molecule is Cc1cc(C(O)CCNC(=O)C(=O)Nc2ccc3c(c2)CCCN3C(=O)c2cccs2)c(C)o1. The van der Waals surface area contributed by atoms with E-state index < -0.39 is 17.9 Å². The fourth-order valence-corrected chi connectivity index (χ4v) is 4.82. The zero-order valence-corrected chi connectivity index (χ0v) is 19.9. The second kappa shape index (κ2) is 10.2. The van der Waals surface area contributed by atoms with Crippen LogP contribution in [0.3, 0.4) is 0 Å². The summed E-state index contributed by atoms with van der Waals surface area (Å²) in [5.41, 5.74) is 2.94. The van der Waals surface area contributed by atoms with Crippen LogP contribution in [0.2, 0.25) is 0 Å². The van der Waals surface area contributed by atoms with Gasteiger partial charge >= 0.3 is 11.8 Å². The van der Waals surface area contributed by atoms with E-state index >= 15 is 0 Å². The monoisotopic (exact) mass is 481 g/mol. The molecular formula is C25H27N3O5S. The molecule has 0 fully saturated rings. The molecule has 1 aromatic carbocycles. The molecular weight excluding hydrogens is 454 g/mol. The molecule has 0 spiro atoms. The third-order valence-corrected chi connectivity index (χ3v) is 6.64. The molecule has 0 saturated heterocycles. The summed E-state index contributed by atoms with van der Waals surface area (Å²) in [6.07, 6.45) is 1.07. The third kappa shape index (κ3) is 5.21. The van der Waals surface area contributed by atoms with Gasteiger partial charge in [0, 0.05) is 30.0 Å². The largest absolute Gasteiger partial charge is 0.466 e. The minimum Gasteiger partial charge on any atom is -0.466 e. The molecule has 1 atom stereocenters. The Kier molecular flexibility index (Phi) is 7.14. The molecule has 0 bridgehead atoms. The Bertz CT molecular complexity index is 1200. The van der Waals surface area contributed by atoms with Gasteiger partial charge in [-0.2, -0.15) is 0 Å². The van der Waals surface area contributed by atoms with Crippen molar-refractivity contribution < 1.29 is 23.9 Å². The fourth-order valence-electron chi connectivity index (χ4n) is 4.15. The van der Waals surface area contributed by atoms with Crippen LogP contribution >= 0.6 is 11.3 Å². The maximum atomic E-state index is 12.8. The molecule has 3 aromatic rings. The van der Waals surface area contributed by atoms with E-state index in [1.54, 1.807) is 36.9 Å². The first-order chi connectivity index (χ1) is 16.3. The lowest BCUT2D eigenvalue weighted by molar-refractivity contribution is -0.136. The number of thiophene rings is 1. The van der Waals surface area contributed by atoms with Gasteiger partial charge < -0.3 is 25.1 Å². The van der Waals surface area contributed by atoms with Crippen molar-refractivity contribution in [2.75, 3.05) is 23.3 Å². The third-order valence-electron chi connectivity index (χ3n) is 5.78. The van der Waals surface area contributed by atoms with E-state index in [1.165, 1.54) is 11.3 Å². The number of hydrogen-bond donors (Lipinski definition) is 3. The number of nitrogens with one attached hydrogen (secondary N) is 2. The number of amides is 3. The predicted octanol–water partition coefficient (Wildman–Crippen LogP) is 3.73. The van der Waals surface area contributed by atoms with Crippen LogP contribution in [-0.2, 0) is 16.0 Å². The van der Waals surface area contributed by atoms with Crippen molar-refractivity contribution in [1.82, 2.24) is 5.32 Å². The highest BCUT2D eigenvalue weighted by Crippen LogP contribution is 2.31. The van der Waals surface area contributed by atoms with Gasteiger partial charge in [0.25, 0.3) is 5.91 Å². The predicted molar refractivity (Wildman–Crippen MR) is 130 cm³/mol. The van der Waals surface area contributed by atoms with Crippen molar-refractivity contribution in [3.8, 4) is 0 Å². The van der Waals surface area contributed by atoms with Gasteiger partial charge in [-0.15, -0.1) is 11.3 Å². The molecule has 1 unspecified atom stereocenters. The topological polar surface area (TPSA) is 112 Å². The first-order valence-electron chi connectivity index (χ1n) is 11.2. The lowest BCUT2D eigenvalue weighted by Gasteiger charge is -2.29. The highest BCUT2D eigenvalue weighted by molar-refractivity contribution is 7.12. The van der Waals surface area contributed by atoms with Crippen LogP contribution in [0.4, 0.5) is 11.4 Å². The van der Waals surface area contributed by atoms with Crippen molar-refractivity contribution >= 4 is 40.4 Å². The Labute approximate surface area is 201 Å². The van der Waals surface area contributed by atoms with Gasteiger partial charge in [-0.3, -0.25) is 14.4 Å². The molecule has 1 aliphatic heterocycles. The minimum absolute atomic E-state index is 0.0323. The van der Waals surface area contributed by atoms with E-state index in [-0.39, 0.29) is 18.9 Å². The Balaban J connectivity index is 1.33. The zero-order valence-electron chi connectivity index (χ0n) is 19.1. The number of aryl methyl sites for hydroxylation is 3. The molecule has 34 heavy (non-hydrogen) atoms. The molecule has 2 aromatic heterocycles. The Hall–Kier alpha value is -3.43. The van der Waals surface area contributed by atoms with Crippen LogP contribution in [0.1, 0.15) is 51.3 Å². The molecule has 1 aliphatic rings. The molecule has 0 saturated carbocycles. The minimum atomic E-state index is -0.790. The summed E-state index contributed by atoms with van der Waals surface area (Å²) in [7, 11) is 0. The number of rotatable bonds is 6. The summed E-state index contributed by atoms with van der Waals surface area (Å²) < 4.78 is 5.41. The summed E-state index contributed by atoms with van der Waals surface area (Å²) in [5, 5.41) is 17.3. The molecule has 178 valence electrons. The Morgan fingerprint density at radius 3 is 2.71 bits per heavy atom. The Morgan fingerprint density at radius 2 is 2.00 bits per heavy atom. The second-order valence-corrected chi connectivity index (χ2v) is 9.21. The van der Waals surface area contributed by atoms with Gasteiger partial charge in [0.15, 0.2) is 0 Å². The van der Waals surface area contributed by atoms with Gasteiger partial charge in [0.05, 0.1) is 11.0 Å². The van der Waals surface area contributed by atoms with Gasteiger partial charge in [0.2, 0.25) is 0 Å². The number of fused-ring (bicyclic) bond motifs is 1. The number of hydrogen-bond acceptors (Lipinski definition) is 6. The summed E-state index contributed by atoms with van der Waals surface area (Å²) in [6, 6.07) is 10.7. The van der Waals surface area contributed by atoms with Crippen molar-refractivity contribution in [3.63, 3.8) is 0 Å². The molecule has 3 heterocycles. The van der Waals surface area contributed by atoms with E-state index in [0.717, 1.165) is 24.1 Å². The highest BCUT2D eigenvalue weighted by Gasteiger charge is 2.25. The van der Waals surface area contributed by atoms with Gasteiger partial charge in [-0.05, 0) is 74.4 Å². The molecule has 3 amide bonds. The van der Waals surface area contributed by atoms with Crippen LogP contribution < -0.4 is 15.5 Å². The van der Waals surface area contributed by atoms with Crippen molar-refractivity contribution in [2.24, 2.45) is 0 Å². The second-order valence-electron chi connectivity index (χ2n) is 8.26. The highest BCUT2D eigenvalue weighted by atomic mass is 32.1. The number of aliphatic hydroxyl groups is 1. The normalized spacial score (nSPS) is 13.8. The van der Waals surface area contributed by atoms with E-state index in [4.69, 9.17) is 4.42 Å². The van der Waals surface area contributed by atoms with Gasteiger partial charge in [-0.1, -0.05) is 6.07 Å². The van der Waals surface area contributed by atoms with E-state index in [0.29, 0.717) is 34.2 Å². The van der Waals surface area contributed by atoms with Crippen LogP contribution in [0, 0.1) is 13.8 Å². The van der Waals surface area contributed by atoms with Crippen LogP contribution in [-0.4, -0.2) is 35.9 Å². The molecule has 0 aliphatic carbocycles. The number of carbonyl (C=O) groups is 3. The van der Waals surface area contributed by atoms with E-state index in [2.05, 4.69) is 10.6 Å².